The molecule has 0 radical (unpaired) electrons. The first-order valence-corrected chi connectivity index (χ1v) is 5.05. The van der Waals surface area contributed by atoms with Gasteiger partial charge < -0.3 is 0 Å². The molecular formula is C8H9NO2Se. The van der Waals surface area contributed by atoms with Gasteiger partial charge in [-0.05, 0) is 0 Å². The van der Waals surface area contributed by atoms with E-state index >= 15 is 0 Å². The summed E-state index contributed by atoms with van der Waals surface area (Å²) in [7, 11) is 1.61. The number of carbonyl (C=O) groups excluding carboxylic acids is 1. The molecule has 0 spiro atoms. The van der Waals surface area contributed by atoms with Crippen LogP contribution in [0, 0.1) is 0 Å². The number of methoxy groups -OCH3 is 1. The minimum atomic E-state index is -0.258. The van der Waals surface area contributed by atoms with Crippen LogP contribution in [0.4, 0.5) is 4.79 Å². The van der Waals surface area contributed by atoms with Gasteiger partial charge in [-0.3, -0.25) is 0 Å². The van der Waals surface area contributed by atoms with Crippen LogP contribution in [-0.4, -0.2) is 26.9 Å². The molecule has 0 aliphatic carbocycles. The van der Waals surface area contributed by atoms with Crippen LogP contribution in [-0.2, 0) is 0 Å². The first kappa shape index (κ1) is 9.10. The summed E-state index contributed by atoms with van der Waals surface area (Å²) in [6.07, 6.45) is 0. The van der Waals surface area contributed by atoms with Crippen LogP contribution in [0.5, 0.6) is 5.75 Å². The van der Waals surface area contributed by atoms with Gasteiger partial charge in [0, 0.05) is 0 Å². The SMILES string of the molecule is COc1ccc([Se]C(N)=O)cc1. The van der Waals surface area contributed by atoms with Crippen molar-refractivity contribution in [2.24, 2.45) is 5.73 Å². The number of primary amides is 1. The van der Waals surface area contributed by atoms with Gasteiger partial charge in [0.1, 0.15) is 0 Å². The second-order valence-corrected chi connectivity index (χ2v) is 4.36. The van der Waals surface area contributed by atoms with E-state index in [1.807, 2.05) is 24.3 Å². The molecule has 1 aromatic carbocycles. The molecular weight excluding hydrogens is 221 g/mol. The van der Waals surface area contributed by atoms with Crippen molar-refractivity contribution in [2.75, 3.05) is 7.11 Å². The molecule has 0 aliphatic heterocycles. The summed E-state index contributed by atoms with van der Waals surface area (Å²) in [5, 5.41) is 0. The molecule has 0 aliphatic rings. The van der Waals surface area contributed by atoms with E-state index < -0.39 is 0 Å². The van der Waals surface area contributed by atoms with Gasteiger partial charge in [-0.1, -0.05) is 0 Å². The fourth-order valence-electron chi connectivity index (χ4n) is 0.760. The Morgan fingerprint density at radius 2 is 2.00 bits per heavy atom. The van der Waals surface area contributed by atoms with Crippen LogP contribution < -0.4 is 14.9 Å². The fraction of sp³-hybridized carbons (Fsp3) is 0.125. The van der Waals surface area contributed by atoms with E-state index in [1.165, 1.54) is 0 Å². The summed E-state index contributed by atoms with van der Waals surface area (Å²) >= 11 is -0.258. The predicted octanol–water partition coefficient (Wildman–Crippen LogP) is 0.103. The molecule has 0 saturated carbocycles. The van der Waals surface area contributed by atoms with Crippen LogP contribution in [0.3, 0.4) is 0 Å². The molecule has 0 unspecified atom stereocenters. The summed E-state index contributed by atoms with van der Waals surface area (Å²) in [5.41, 5.74) is 5.05. The van der Waals surface area contributed by atoms with Crippen LogP contribution >= 0.6 is 0 Å². The molecule has 2 N–H and O–H groups in total. The van der Waals surface area contributed by atoms with Crippen molar-refractivity contribution in [1.29, 1.82) is 0 Å². The Labute approximate surface area is 77.1 Å². The fourth-order valence-corrected chi connectivity index (χ4v) is 1.82. The molecule has 4 heteroatoms. The Bertz CT molecular complexity index is 271. The molecule has 1 rings (SSSR count). The van der Waals surface area contributed by atoms with Gasteiger partial charge in [0.15, 0.2) is 0 Å². The molecule has 0 aromatic heterocycles. The van der Waals surface area contributed by atoms with Crippen molar-refractivity contribution < 1.29 is 9.53 Å². The Morgan fingerprint density at radius 3 is 2.42 bits per heavy atom. The third-order valence-electron chi connectivity index (χ3n) is 1.28. The zero-order chi connectivity index (χ0) is 8.97. The minimum absolute atomic E-state index is 0.257. The van der Waals surface area contributed by atoms with E-state index in [1.54, 1.807) is 7.11 Å². The second kappa shape index (κ2) is 4.14. The topological polar surface area (TPSA) is 52.3 Å². The Hall–Kier alpha value is -0.991. The standard InChI is InChI=1S/C8H9NO2Se/c1-11-6-2-4-7(5-3-6)12-8(9)10/h2-5H,1H3,(H2,9,10). The number of nitrogens with two attached hydrogens (primary N) is 1. The Balaban J connectivity index is 2.71. The van der Waals surface area contributed by atoms with Gasteiger partial charge >= 0.3 is 76.6 Å². The van der Waals surface area contributed by atoms with Crippen LogP contribution in [0.2, 0.25) is 0 Å². The van der Waals surface area contributed by atoms with E-state index in [9.17, 15) is 4.79 Å². The van der Waals surface area contributed by atoms with Crippen LogP contribution in [0.15, 0.2) is 24.3 Å². The summed E-state index contributed by atoms with van der Waals surface area (Å²) in [5.74, 6) is 0.791. The quantitative estimate of drug-likeness (QED) is 0.749. The van der Waals surface area contributed by atoms with Crippen molar-refractivity contribution in [3.05, 3.63) is 24.3 Å². The third kappa shape index (κ3) is 2.57. The van der Waals surface area contributed by atoms with Gasteiger partial charge in [0.25, 0.3) is 0 Å². The van der Waals surface area contributed by atoms with Crippen LogP contribution in [0.1, 0.15) is 0 Å². The first-order valence-electron chi connectivity index (χ1n) is 3.33. The Morgan fingerprint density at radius 1 is 1.42 bits per heavy atom. The van der Waals surface area contributed by atoms with Gasteiger partial charge in [-0.2, -0.15) is 0 Å². The summed E-state index contributed by atoms with van der Waals surface area (Å²) < 4.78 is 5.93. The Kier molecular flexibility index (Phi) is 3.14. The van der Waals surface area contributed by atoms with E-state index in [4.69, 9.17) is 10.5 Å². The molecule has 0 heterocycles. The zero-order valence-corrected chi connectivity index (χ0v) is 8.32. The number of benzene rings is 1. The van der Waals surface area contributed by atoms with Crippen molar-refractivity contribution in [2.45, 2.75) is 0 Å². The summed E-state index contributed by atoms with van der Waals surface area (Å²) in [6, 6.07) is 7.34. The molecule has 1 amide bonds. The van der Waals surface area contributed by atoms with Gasteiger partial charge in [-0.15, -0.1) is 0 Å². The molecule has 12 heavy (non-hydrogen) atoms. The number of hydrogen-bond acceptors (Lipinski definition) is 2. The van der Waals surface area contributed by atoms with Crippen molar-refractivity contribution in [1.82, 2.24) is 0 Å². The zero-order valence-electron chi connectivity index (χ0n) is 6.61. The van der Waals surface area contributed by atoms with E-state index in [-0.39, 0.29) is 19.8 Å². The molecule has 0 atom stereocenters. The number of ether oxygens (including phenoxy) is 1. The summed E-state index contributed by atoms with van der Waals surface area (Å²) in [4.78, 5) is 10.3. The normalized spacial score (nSPS) is 9.42. The van der Waals surface area contributed by atoms with Gasteiger partial charge in [0.2, 0.25) is 0 Å². The van der Waals surface area contributed by atoms with Crippen molar-refractivity contribution in [3.8, 4) is 5.75 Å². The first-order chi connectivity index (χ1) is 5.72. The van der Waals surface area contributed by atoms with Crippen molar-refractivity contribution in [3.63, 3.8) is 0 Å². The molecule has 64 valence electrons. The molecule has 0 bridgehead atoms. The molecule has 3 nitrogen and oxygen atoms in total. The maximum absolute atomic E-state index is 10.5. The van der Waals surface area contributed by atoms with Gasteiger partial charge in [-0.25, -0.2) is 0 Å². The monoisotopic (exact) mass is 231 g/mol. The van der Waals surface area contributed by atoms with Crippen LogP contribution in [0.25, 0.3) is 0 Å². The number of hydrogen-bond donors (Lipinski definition) is 1. The number of amides is 1. The molecule has 0 fully saturated rings. The second-order valence-electron chi connectivity index (χ2n) is 2.10. The average molecular weight is 230 g/mol. The number of carbonyl (C=O) groups is 1. The van der Waals surface area contributed by atoms with E-state index in [0.29, 0.717) is 0 Å². The number of rotatable bonds is 3. The van der Waals surface area contributed by atoms with E-state index in [2.05, 4.69) is 0 Å². The predicted molar refractivity (Wildman–Crippen MR) is 48.0 cm³/mol. The van der Waals surface area contributed by atoms with E-state index in [0.717, 1.165) is 10.2 Å². The molecule has 0 saturated heterocycles. The average Bonchev–Trinajstić information content (AvgIpc) is 2.05. The summed E-state index contributed by atoms with van der Waals surface area (Å²) in [6.45, 7) is 0. The van der Waals surface area contributed by atoms with Gasteiger partial charge in [0.05, 0.1) is 0 Å². The van der Waals surface area contributed by atoms with Crippen molar-refractivity contribution >= 4 is 24.2 Å². The maximum atomic E-state index is 10.5. The molecule has 1 aromatic rings. The third-order valence-corrected chi connectivity index (χ3v) is 2.77.